The fourth-order valence-electron chi connectivity index (χ4n) is 2.61. The summed E-state index contributed by atoms with van der Waals surface area (Å²) in [5.74, 6) is 0.663. The summed E-state index contributed by atoms with van der Waals surface area (Å²) in [6.45, 7) is 4.92. The first-order chi connectivity index (χ1) is 14.9. The highest BCUT2D eigenvalue weighted by Crippen LogP contribution is 2.32. The summed E-state index contributed by atoms with van der Waals surface area (Å²) in [5.41, 5.74) is 0.691. The molecule has 2 N–H and O–H groups in total. The van der Waals surface area contributed by atoms with Crippen molar-refractivity contribution in [3.8, 4) is 17.2 Å². The van der Waals surface area contributed by atoms with Gasteiger partial charge in [0.15, 0.2) is 18.1 Å². The standard InChI is InChI=1S/C22H24N2O7/c1-14(2)12-30-17-6-3-15(4-7-17)21(26)31-13-20(25)24-22(27)23-16-5-8-18-19(11-16)29-10-9-28-18/h3-8,11,14H,9-10,12-13H2,1-2H3,(H2,23,24,25,27). The quantitative estimate of drug-likeness (QED) is 0.652. The van der Waals surface area contributed by atoms with Crippen molar-refractivity contribution in [2.45, 2.75) is 13.8 Å². The number of nitrogens with one attached hydrogen (secondary N) is 2. The third-order valence-corrected chi connectivity index (χ3v) is 4.06. The molecule has 1 aliphatic rings. The van der Waals surface area contributed by atoms with E-state index in [1.807, 2.05) is 13.8 Å². The highest BCUT2D eigenvalue weighted by atomic mass is 16.6. The van der Waals surface area contributed by atoms with Gasteiger partial charge in [-0.3, -0.25) is 10.1 Å². The van der Waals surface area contributed by atoms with Crippen molar-refractivity contribution >= 4 is 23.6 Å². The molecule has 9 heteroatoms. The van der Waals surface area contributed by atoms with Crippen LogP contribution in [0.1, 0.15) is 24.2 Å². The second kappa shape index (κ2) is 10.3. The number of esters is 1. The SMILES string of the molecule is CC(C)COc1ccc(C(=O)OCC(=O)NC(=O)Nc2ccc3c(c2)OCCO3)cc1. The van der Waals surface area contributed by atoms with Crippen LogP contribution in [-0.2, 0) is 9.53 Å². The summed E-state index contributed by atoms with van der Waals surface area (Å²) in [7, 11) is 0. The van der Waals surface area contributed by atoms with Crippen LogP contribution in [-0.4, -0.2) is 44.3 Å². The van der Waals surface area contributed by atoms with E-state index in [9.17, 15) is 14.4 Å². The molecule has 9 nitrogen and oxygen atoms in total. The molecule has 1 heterocycles. The number of amides is 3. The van der Waals surface area contributed by atoms with Crippen molar-refractivity contribution in [2.75, 3.05) is 31.7 Å². The minimum absolute atomic E-state index is 0.269. The minimum atomic E-state index is -0.764. The van der Waals surface area contributed by atoms with Crippen LogP contribution < -0.4 is 24.8 Å². The molecule has 0 saturated carbocycles. The van der Waals surface area contributed by atoms with E-state index < -0.39 is 24.5 Å². The van der Waals surface area contributed by atoms with Gasteiger partial charge < -0.3 is 24.3 Å². The third kappa shape index (κ3) is 6.63. The Kier molecular flexibility index (Phi) is 7.31. The van der Waals surface area contributed by atoms with E-state index in [1.54, 1.807) is 42.5 Å². The number of anilines is 1. The van der Waals surface area contributed by atoms with E-state index in [-0.39, 0.29) is 5.56 Å². The summed E-state index contributed by atoms with van der Waals surface area (Å²) in [6.07, 6.45) is 0. The average Bonchev–Trinajstić information content (AvgIpc) is 2.76. The van der Waals surface area contributed by atoms with Crippen molar-refractivity contribution < 1.29 is 33.3 Å². The maximum atomic E-state index is 12.1. The first-order valence-corrected chi connectivity index (χ1v) is 9.81. The van der Waals surface area contributed by atoms with Crippen LogP contribution in [0.5, 0.6) is 17.2 Å². The number of rotatable bonds is 7. The van der Waals surface area contributed by atoms with Crippen LogP contribution in [0.2, 0.25) is 0 Å². The number of carbonyl (C=O) groups excluding carboxylic acids is 3. The molecule has 3 rings (SSSR count). The van der Waals surface area contributed by atoms with Gasteiger partial charge >= 0.3 is 12.0 Å². The normalized spacial score (nSPS) is 12.1. The Bertz CT molecular complexity index is 941. The fraction of sp³-hybridized carbons (Fsp3) is 0.318. The van der Waals surface area contributed by atoms with Crippen molar-refractivity contribution in [1.29, 1.82) is 0 Å². The Morgan fingerprint density at radius 3 is 2.42 bits per heavy atom. The first-order valence-electron chi connectivity index (χ1n) is 9.81. The highest BCUT2D eigenvalue weighted by Gasteiger charge is 2.15. The van der Waals surface area contributed by atoms with Gasteiger partial charge in [0, 0.05) is 11.8 Å². The van der Waals surface area contributed by atoms with Gasteiger partial charge in [-0.1, -0.05) is 13.8 Å². The van der Waals surface area contributed by atoms with Gasteiger partial charge in [-0.25, -0.2) is 9.59 Å². The maximum absolute atomic E-state index is 12.1. The molecule has 0 fully saturated rings. The summed E-state index contributed by atoms with van der Waals surface area (Å²) in [4.78, 5) is 36.0. The zero-order valence-corrected chi connectivity index (χ0v) is 17.3. The molecule has 164 valence electrons. The number of benzene rings is 2. The minimum Gasteiger partial charge on any atom is -0.493 e. The lowest BCUT2D eigenvalue weighted by atomic mass is 10.2. The molecule has 0 spiro atoms. The van der Waals surface area contributed by atoms with Gasteiger partial charge in [-0.05, 0) is 42.3 Å². The zero-order chi connectivity index (χ0) is 22.2. The van der Waals surface area contributed by atoms with E-state index in [1.165, 1.54) is 0 Å². The van der Waals surface area contributed by atoms with Crippen molar-refractivity contribution in [3.63, 3.8) is 0 Å². The number of fused-ring (bicyclic) bond motifs is 1. The number of urea groups is 1. The molecule has 0 unspecified atom stereocenters. The molecule has 2 aromatic carbocycles. The lowest BCUT2D eigenvalue weighted by molar-refractivity contribution is -0.123. The van der Waals surface area contributed by atoms with Gasteiger partial charge in [0.25, 0.3) is 5.91 Å². The Morgan fingerprint density at radius 2 is 1.71 bits per heavy atom. The summed E-state index contributed by atoms with van der Waals surface area (Å²) >= 11 is 0. The van der Waals surface area contributed by atoms with Crippen LogP contribution in [0, 0.1) is 5.92 Å². The summed E-state index contributed by atoms with van der Waals surface area (Å²) < 4.78 is 21.3. The number of ether oxygens (including phenoxy) is 4. The second-order valence-corrected chi connectivity index (χ2v) is 7.17. The van der Waals surface area contributed by atoms with Crippen LogP contribution in [0.15, 0.2) is 42.5 Å². The van der Waals surface area contributed by atoms with Crippen molar-refractivity contribution in [3.05, 3.63) is 48.0 Å². The number of imide groups is 1. The second-order valence-electron chi connectivity index (χ2n) is 7.17. The van der Waals surface area contributed by atoms with Gasteiger partial charge in [0.2, 0.25) is 0 Å². The molecular weight excluding hydrogens is 404 g/mol. The van der Waals surface area contributed by atoms with Gasteiger partial charge in [-0.15, -0.1) is 0 Å². The molecule has 0 aromatic heterocycles. The predicted octanol–water partition coefficient (Wildman–Crippen LogP) is 3.00. The van der Waals surface area contributed by atoms with Crippen LogP contribution in [0.25, 0.3) is 0 Å². The van der Waals surface area contributed by atoms with E-state index in [0.717, 1.165) is 0 Å². The van der Waals surface area contributed by atoms with Crippen LogP contribution >= 0.6 is 0 Å². The summed E-state index contributed by atoms with van der Waals surface area (Å²) in [5, 5.41) is 4.60. The fourth-order valence-corrected chi connectivity index (χ4v) is 2.61. The Balaban J connectivity index is 1.43. The van der Waals surface area contributed by atoms with E-state index in [2.05, 4.69) is 10.6 Å². The predicted molar refractivity (Wildman–Crippen MR) is 112 cm³/mol. The maximum Gasteiger partial charge on any atom is 0.338 e. The molecule has 0 atom stereocenters. The van der Waals surface area contributed by atoms with E-state index in [4.69, 9.17) is 18.9 Å². The highest BCUT2D eigenvalue weighted by molar-refractivity contribution is 6.02. The molecule has 2 aromatic rings. The molecule has 0 radical (unpaired) electrons. The number of hydrogen-bond donors (Lipinski definition) is 2. The largest absolute Gasteiger partial charge is 0.493 e. The lowest BCUT2D eigenvalue weighted by Crippen LogP contribution is -2.37. The smallest absolute Gasteiger partial charge is 0.338 e. The lowest BCUT2D eigenvalue weighted by Gasteiger charge is -2.19. The molecule has 0 saturated heterocycles. The van der Waals surface area contributed by atoms with Gasteiger partial charge in [0.05, 0.1) is 12.2 Å². The Morgan fingerprint density at radius 1 is 1.00 bits per heavy atom. The van der Waals surface area contributed by atoms with Crippen molar-refractivity contribution in [1.82, 2.24) is 5.32 Å². The Hall–Kier alpha value is -3.75. The van der Waals surface area contributed by atoms with E-state index >= 15 is 0 Å². The molecule has 31 heavy (non-hydrogen) atoms. The topological polar surface area (TPSA) is 112 Å². The summed E-state index contributed by atoms with van der Waals surface area (Å²) in [6, 6.07) is 10.5. The molecule has 3 amide bonds. The van der Waals surface area contributed by atoms with Gasteiger partial charge in [0.1, 0.15) is 19.0 Å². The number of hydrogen-bond acceptors (Lipinski definition) is 7. The van der Waals surface area contributed by atoms with E-state index in [0.29, 0.717) is 48.7 Å². The third-order valence-electron chi connectivity index (χ3n) is 4.06. The molecule has 0 aliphatic carbocycles. The monoisotopic (exact) mass is 428 g/mol. The molecular formula is C22H24N2O7. The molecule has 1 aliphatic heterocycles. The zero-order valence-electron chi connectivity index (χ0n) is 17.3. The van der Waals surface area contributed by atoms with Crippen molar-refractivity contribution in [2.24, 2.45) is 5.92 Å². The number of carbonyl (C=O) groups is 3. The average molecular weight is 428 g/mol. The van der Waals surface area contributed by atoms with Gasteiger partial charge in [-0.2, -0.15) is 0 Å². The Labute approximate surface area is 179 Å². The van der Waals surface area contributed by atoms with Crippen LogP contribution in [0.4, 0.5) is 10.5 Å². The molecule has 0 bridgehead atoms. The van der Waals surface area contributed by atoms with Crippen LogP contribution in [0.3, 0.4) is 0 Å². The first kappa shape index (κ1) is 21.9.